The number of halogens is 1. The third-order valence-corrected chi connectivity index (χ3v) is 0.917. The largest absolute Gasteiger partial charge is 0.481 e. The third-order valence-electron chi connectivity index (χ3n) is 0.917. The summed E-state index contributed by atoms with van der Waals surface area (Å²) in [5.74, 6) is -1.74. The van der Waals surface area contributed by atoms with Gasteiger partial charge in [-0.15, -0.1) is 12.4 Å². The average Bonchev–Trinajstić information content (AvgIpc) is 1.86. The van der Waals surface area contributed by atoms with Crippen molar-refractivity contribution in [3.8, 4) is 0 Å². The maximum Gasteiger partial charge on any atom is 0.320 e. The van der Waals surface area contributed by atoms with E-state index in [4.69, 9.17) is 20.7 Å². The van der Waals surface area contributed by atoms with Crippen molar-refractivity contribution in [2.75, 3.05) is 0 Å². The minimum Gasteiger partial charge on any atom is -0.481 e. The Bertz CT molecular complexity index is 147. The smallest absolute Gasteiger partial charge is 0.320 e. The first-order chi connectivity index (χ1) is 5.41. The number of hydrogen-bond donors (Lipinski definition) is 3. The maximum atomic E-state index is 9.96. The van der Waals surface area contributed by atoms with Crippen LogP contribution in [-0.2, 0) is 9.59 Å². The van der Waals surface area contributed by atoms with Gasteiger partial charge in [0.15, 0.2) is 0 Å². The van der Waals surface area contributed by atoms with Gasteiger partial charge in [0, 0.05) is 6.92 Å². The fourth-order valence-corrected chi connectivity index (χ4v) is 0.434. The summed E-state index contributed by atoms with van der Waals surface area (Å²) >= 11 is 0. The molecule has 13 heavy (non-hydrogen) atoms. The summed E-state index contributed by atoms with van der Waals surface area (Å²) in [6.45, 7) is 2.99. The lowest BCUT2D eigenvalue weighted by Gasteiger charge is -2.00. The third kappa shape index (κ3) is 24.7. The maximum absolute atomic E-state index is 9.96. The monoisotopic (exact) mass is 213 g/mol. The first-order valence-corrected chi connectivity index (χ1v) is 3.59. The average molecular weight is 214 g/mol. The van der Waals surface area contributed by atoms with Gasteiger partial charge in [0.2, 0.25) is 0 Å². The van der Waals surface area contributed by atoms with Gasteiger partial charge in [-0.1, -0.05) is 13.3 Å². The van der Waals surface area contributed by atoms with E-state index in [0.717, 1.165) is 13.3 Å². The molecule has 0 aliphatic heterocycles. The number of aliphatic carboxylic acids is 2. The zero-order valence-electron chi connectivity index (χ0n) is 7.69. The lowest BCUT2D eigenvalue weighted by atomic mass is 10.2. The van der Waals surface area contributed by atoms with Gasteiger partial charge in [0.25, 0.3) is 5.97 Å². The molecule has 80 valence electrons. The van der Waals surface area contributed by atoms with Crippen molar-refractivity contribution >= 4 is 24.3 Å². The Morgan fingerprint density at radius 1 is 1.38 bits per heavy atom. The van der Waals surface area contributed by atoms with Gasteiger partial charge >= 0.3 is 5.97 Å². The fourth-order valence-electron chi connectivity index (χ4n) is 0.434. The number of carbonyl (C=O) groups is 2. The van der Waals surface area contributed by atoms with Crippen molar-refractivity contribution in [2.24, 2.45) is 5.73 Å². The van der Waals surface area contributed by atoms with Crippen LogP contribution in [0.1, 0.15) is 26.7 Å². The Morgan fingerprint density at radius 2 is 1.69 bits per heavy atom. The number of rotatable bonds is 3. The summed E-state index contributed by atoms with van der Waals surface area (Å²) in [7, 11) is 0. The van der Waals surface area contributed by atoms with Gasteiger partial charge < -0.3 is 15.9 Å². The van der Waals surface area contributed by atoms with Crippen LogP contribution in [0.15, 0.2) is 0 Å². The second-order valence-electron chi connectivity index (χ2n) is 2.25. The SMILES string of the molecule is CC(=O)O.CCCC(N)C(=O)O.Cl. The highest BCUT2D eigenvalue weighted by Crippen LogP contribution is 1.91. The van der Waals surface area contributed by atoms with E-state index >= 15 is 0 Å². The van der Waals surface area contributed by atoms with Gasteiger partial charge in [-0.25, -0.2) is 0 Å². The van der Waals surface area contributed by atoms with E-state index in [1.807, 2.05) is 6.92 Å². The van der Waals surface area contributed by atoms with Gasteiger partial charge in [-0.2, -0.15) is 0 Å². The summed E-state index contributed by atoms with van der Waals surface area (Å²) in [6.07, 6.45) is 1.39. The van der Waals surface area contributed by atoms with Crippen LogP contribution in [0.25, 0.3) is 0 Å². The minimum absolute atomic E-state index is 0. The first-order valence-electron chi connectivity index (χ1n) is 3.59. The van der Waals surface area contributed by atoms with Gasteiger partial charge in [0.05, 0.1) is 0 Å². The van der Waals surface area contributed by atoms with Crippen molar-refractivity contribution in [1.29, 1.82) is 0 Å². The molecule has 0 aromatic rings. The molecule has 0 radical (unpaired) electrons. The molecule has 0 aromatic carbocycles. The molecule has 0 saturated carbocycles. The number of carboxylic acids is 2. The minimum atomic E-state index is -0.910. The van der Waals surface area contributed by atoms with Crippen LogP contribution in [0.3, 0.4) is 0 Å². The fraction of sp³-hybridized carbons (Fsp3) is 0.714. The van der Waals surface area contributed by atoms with E-state index in [0.29, 0.717) is 6.42 Å². The number of hydrogen-bond acceptors (Lipinski definition) is 3. The Kier molecular flexibility index (Phi) is 15.6. The summed E-state index contributed by atoms with van der Waals surface area (Å²) in [5.41, 5.74) is 5.13. The quantitative estimate of drug-likeness (QED) is 0.641. The summed E-state index contributed by atoms with van der Waals surface area (Å²) < 4.78 is 0. The molecule has 0 saturated heterocycles. The highest BCUT2D eigenvalue weighted by Gasteiger charge is 2.07. The predicted octanol–water partition coefficient (Wildman–Crippen LogP) is 0.711. The van der Waals surface area contributed by atoms with Crippen molar-refractivity contribution in [2.45, 2.75) is 32.7 Å². The number of nitrogens with two attached hydrogens (primary N) is 1. The van der Waals surface area contributed by atoms with Crippen LogP contribution in [0.4, 0.5) is 0 Å². The Morgan fingerprint density at radius 3 is 1.77 bits per heavy atom. The second-order valence-corrected chi connectivity index (χ2v) is 2.25. The van der Waals surface area contributed by atoms with E-state index in [1.54, 1.807) is 0 Å². The Hall–Kier alpha value is -0.810. The Balaban J connectivity index is -0.000000173. The van der Waals surface area contributed by atoms with E-state index in [2.05, 4.69) is 0 Å². The standard InChI is InChI=1S/C5H11NO2.C2H4O2.ClH/c1-2-3-4(6)5(7)8;1-2(3)4;/h4H,2-3,6H2,1H3,(H,7,8);1H3,(H,3,4);1H. The van der Waals surface area contributed by atoms with Crippen LogP contribution >= 0.6 is 12.4 Å². The molecule has 1 atom stereocenters. The van der Waals surface area contributed by atoms with Crippen molar-refractivity contribution < 1.29 is 19.8 Å². The number of carboxylic acid groups (broad SMARTS) is 2. The molecule has 0 aliphatic rings. The zero-order valence-corrected chi connectivity index (χ0v) is 8.50. The molecule has 4 N–H and O–H groups in total. The molecule has 0 spiro atoms. The molecule has 5 nitrogen and oxygen atoms in total. The van der Waals surface area contributed by atoms with Crippen LogP contribution in [-0.4, -0.2) is 28.2 Å². The summed E-state index contributed by atoms with van der Waals surface area (Å²) in [5, 5.41) is 15.6. The van der Waals surface area contributed by atoms with E-state index in [-0.39, 0.29) is 12.4 Å². The molecule has 0 rings (SSSR count). The van der Waals surface area contributed by atoms with Gasteiger partial charge in [0.1, 0.15) is 6.04 Å². The molecule has 6 heteroatoms. The highest BCUT2D eigenvalue weighted by molar-refractivity contribution is 5.85. The van der Waals surface area contributed by atoms with E-state index in [1.165, 1.54) is 0 Å². The second kappa shape index (κ2) is 11.2. The van der Waals surface area contributed by atoms with Crippen LogP contribution in [0.5, 0.6) is 0 Å². The van der Waals surface area contributed by atoms with Crippen molar-refractivity contribution in [1.82, 2.24) is 0 Å². The van der Waals surface area contributed by atoms with Gasteiger partial charge in [-0.05, 0) is 6.42 Å². The molecule has 0 aromatic heterocycles. The molecule has 0 heterocycles. The van der Waals surface area contributed by atoms with Crippen LogP contribution in [0, 0.1) is 0 Å². The zero-order chi connectivity index (χ0) is 10.1. The summed E-state index contributed by atoms with van der Waals surface area (Å²) in [6, 6.07) is -0.667. The molecular formula is C7H16ClNO4. The molecule has 0 bridgehead atoms. The first kappa shape index (κ1) is 18.1. The molecule has 0 aliphatic carbocycles. The lowest BCUT2D eigenvalue weighted by Crippen LogP contribution is -2.29. The lowest BCUT2D eigenvalue weighted by molar-refractivity contribution is -0.138. The predicted molar refractivity (Wildman–Crippen MR) is 51.1 cm³/mol. The normalized spacial score (nSPS) is 10.1. The van der Waals surface area contributed by atoms with E-state index < -0.39 is 18.0 Å². The Labute approximate surface area is 83.3 Å². The highest BCUT2D eigenvalue weighted by atomic mass is 35.5. The van der Waals surface area contributed by atoms with Crippen LogP contribution < -0.4 is 5.73 Å². The molecular weight excluding hydrogens is 198 g/mol. The topological polar surface area (TPSA) is 101 Å². The van der Waals surface area contributed by atoms with Gasteiger partial charge in [-0.3, -0.25) is 9.59 Å². The van der Waals surface area contributed by atoms with Crippen LogP contribution in [0.2, 0.25) is 0 Å². The molecule has 0 fully saturated rings. The molecule has 1 unspecified atom stereocenters. The molecule has 0 amide bonds. The van der Waals surface area contributed by atoms with Crippen molar-refractivity contribution in [3.05, 3.63) is 0 Å². The van der Waals surface area contributed by atoms with Crippen molar-refractivity contribution in [3.63, 3.8) is 0 Å². The van der Waals surface area contributed by atoms with E-state index in [9.17, 15) is 4.79 Å². The summed E-state index contributed by atoms with van der Waals surface area (Å²) in [4.78, 5) is 19.0.